The Labute approximate surface area is 202 Å². The normalized spacial score (nSPS) is 19.1. The fraction of sp³-hybridized carbons (Fsp3) is 0.464. The third kappa shape index (κ3) is 5.01. The lowest BCUT2D eigenvalue weighted by Gasteiger charge is -2.41. The van der Waals surface area contributed by atoms with Gasteiger partial charge in [0, 0.05) is 44.8 Å². The molecule has 0 spiro atoms. The minimum Gasteiger partial charge on any atom is -0.339 e. The van der Waals surface area contributed by atoms with Crippen LogP contribution in [-0.2, 0) is 15.0 Å². The van der Waals surface area contributed by atoms with Crippen molar-refractivity contribution in [2.24, 2.45) is 5.92 Å². The molecule has 2 aliphatic heterocycles. The second-order valence-electron chi connectivity index (χ2n) is 10.1. The van der Waals surface area contributed by atoms with Gasteiger partial charge in [-0.25, -0.2) is 0 Å². The second-order valence-corrected chi connectivity index (χ2v) is 10.1. The highest BCUT2D eigenvalue weighted by Crippen LogP contribution is 2.27. The fourth-order valence-corrected chi connectivity index (χ4v) is 5.00. The number of carbonyl (C=O) groups excluding carboxylic acids is 3. The molecule has 4 rings (SSSR count). The molecule has 6 heteroatoms. The van der Waals surface area contributed by atoms with Crippen LogP contribution in [0.2, 0.25) is 0 Å². The number of piperidine rings is 1. The Morgan fingerprint density at radius 3 is 2.06 bits per heavy atom. The summed E-state index contributed by atoms with van der Waals surface area (Å²) in [4.78, 5) is 45.1. The van der Waals surface area contributed by atoms with E-state index >= 15 is 0 Å². The number of nitrogens with zero attached hydrogens (tertiary/aromatic N) is 3. The molecule has 2 saturated heterocycles. The third-order valence-corrected chi connectivity index (χ3v) is 7.27. The molecule has 1 unspecified atom stereocenters. The molecule has 0 saturated carbocycles. The number of hydrogen-bond acceptors (Lipinski definition) is 3. The van der Waals surface area contributed by atoms with E-state index in [0.717, 1.165) is 24.0 Å². The molecule has 3 amide bonds. The first-order valence-electron chi connectivity index (χ1n) is 12.3. The van der Waals surface area contributed by atoms with Gasteiger partial charge < -0.3 is 14.7 Å². The summed E-state index contributed by atoms with van der Waals surface area (Å²) in [5, 5.41) is 0. The van der Waals surface area contributed by atoms with Crippen LogP contribution in [0, 0.1) is 12.8 Å². The summed E-state index contributed by atoms with van der Waals surface area (Å²) in [5.74, 6) is 0.0244. The standard InChI is InChI=1S/C28H35N3O3/c1-21-11-13-22(14-12-21)25(32)31-15-7-8-23(20-31)26(33)29-16-18-30(19-17-29)27(34)28(2,3)24-9-5-4-6-10-24/h4-6,9-14,23H,7-8,15-20H2,1-3H3. The third-order valence-electron chi connectivity index (χ3n) is 7.27. The zero-order chi connectivity index (χ0) is 24.3. The zero-order valence-corrected chi connectivity index (χ0v) is 20.5. The predicted molar refractivity (Wildman–Crippen MR) is 132 cm³/mol. The molecule has 0 bridgehead atoms. The number of rotatable bonds is 4. The van der Waals surface area contributed by atoms with Gasteiger partial charge >= 0.3 is 0 Å². The van der Waals surface area contributed by atoms with E-state index in [-0.39, 0.29) is 23.6 Å². The quantitative estimate of drug-likeness (QED) is 0.700. The summed E-state index contributed by atoms with van der Waals surface area (Å²) in [7, 11) is 0. The summed E-state index contributed by atoms with van der Waals surface area (Å²) >= 11 is 0. The summed E-state index contributed by atoms with van der Waals surface area (Å²) in [5.41, 5.74) is 2.19. The first-order chi connectivity index (χ1) is 16.3. The molecule has 1 atom stereocenters. The van der Waals surface area contributed by atoms with Crippen molar-refractivity contribution in [3.05, 3.63) is 71.3 Å². The SMILES string of the molecule is Cc1ccc(C(=O)N2CCCC(C(=O)N3CCN(C(=O)C(C)(C)c4ccccc4)CC3)C2)cc1. The largest absolute Gasteiger partial charge is 0.339 e. The second kappa shape index (κ2) is 10.00. The van der Waals surface area contributed by atoms with Gasteiger partial charge in [0.05, 0.1) is 11.3 Å². The molecule has 34 heavy (non-hydrogen) atoms. The van der Waals surface area contributed by atoms with E-state index in [1.54, 1.807) is 0 Å². The summed E-state index contributed by atoms with van der Waals surface area (Å²) in [6.07, 6.45) is 1.63. The molecular formula is C28H35N3O3. The van der Waals surface area contributed by atoms with E-state index in [2.05, 4.69) is 0 Å². The van der Waals surface area contributed by atoms with Crippen molar-refractivity contribution >= 4 is 17.7 Å². The average molecular weight is 462 g/mol. The topological polar surface area (TPSA) is 60.9 Å². The van der Waals surface area contributed by atoms with Crippen molar-refractivity contribution < 1.29 is 14.4 Å². The Bertz CT molecular complexity index is 1020. The van der Waals surface area contributed by atoms with Gasteiger partial charge in [0.15, 0.2) is 0 Å². The zero-order valence-electron chi connectivity index (χ0n) is 20.5. The van der Waals surface area contributed by atoms with E-state index in [4.69, 9.17) is 0 Å². The predicted octanol–water partition coefficient (Wildman–Crippen LogP) is 3.50. The molecule has 2 aromatic rings. The molecule has 180 valence electrons. The Morgan fingerprint density at radius 2 is 1.41 bits per heavy atom. The minimum absolute atomic E-state index is 0.00365. The van der Waals surface area contributed by atoms with Crippen LogP contribution in [0.1, 0.15) is 48.2 Å². The molecular weight excluding hydrogens is 426 g/mol. The van der Waals surface area contributed by atoms with Crippen LogP contribution in [0.5, 0.6) is 0 Å². The van der Waals surface area contributed by atoms with Crippen molar-refractivity contribution in [3.63, 3.8) is 0 Å². The maximum absolute atomic E-state index is 13.3. The maximum Gasteiger partial charge on any atom is 0.253 e. The van der Waals surface area contributed by atoms with Crippen LogP contribution < -0.4 is 0 Å². The van der Waals surface area contributed by atoms with Crippen LogP contribution in [0.3, 0.4) is 0 Å². The van der Waals surface area contributed by atoms with Crippen molar-refractivity contribution in [1.82, 2.24) is 14.7 Å². The number of benzene rings is 2. The first-order valence-corrected chi connectivity index (χ1v) is 12.3. The molecule has 0 aromatic heterocycles. The van der Waals surface area contributed by atoms with Gasteiger partial charge in [-0.15, -0.1) is 0 Å². The lowest BCUT2D eigenvalue weighted by Crippen LogP contribution is -2.56. The van der Waals surface area contributed by atoms with E-state index in [0.29, 0.717) is 44.8 Å². The van der Waals surface area contributed by atoms with Gasteiger partial charge in [-0.2, -0.15) is 0 Å². The van der Waals surface area contributed by atoms with Crippen molar-refractivity contribution in [2.45, 2.75) is 39.0 Å². The number of piperazine rings is 1. The number of hydrogen-bond donors (Lipinski definition) is 0. The van der Waals surface area contributed by atoms with Gasteiger partial charge in [0.25, 0.3) is 5.91 Å². The van der Waals surface area contributed by atoms with Gasteiger partial charge in [0.1, 0.15) is 0 Å². The average Bonchev–Trinajstić information content (AvgIpc) is 2.88. The van der Waals surface area contributed by atoms with E-state index in [9.17, 15) is 14.4 Å². The Kier molecular flexibility index (Phi) is 7.05. The molecule has 2 aromatic carbocycles. The highest BCUT2D eigenvalue weighted by molar-refractivity contribution is 5.95. The van der Waals surface area contributed by atoms with E-state index < -0.39 is 5.41 Å². The smallest absolute Gasteiger partial charge is 0.253 e. The van der Waals surface area contributed by atoms with Crippen molar-refractivity contribution in [1.29, 1.82) is 0 Å². The van der Waals surface area contributed by atoms with Gasteiger partial charge in [-0.3, -0.25) is 14.4 Å². The summed E-state index contributed by atoms with van der Waals surface area (Å²) < 4.78 is 0. The fourth-order valence-electron chi connectivity index (χ4n) is 5.00. The number of aryl methyl sites for hydroxylation is 1. The molecule has 2 heterocycles. The van der Waals surface area contributed by atoms with Crippen LogP contribution in [0.15, 0.2) is 54.6 Å². The highest BCUT2D eigenvalue weighted by Gasteiger charge is 2.37. The number of carbonyl (C=O) groups is 3. The lowest BCUT2D eigenvalue weighted by atomic mass is 9.83. The summed E-state index contributed by atoms with van der Waals surface area (Å²) in [6, 6.07) is 17.5. The van der Waals surface area contributed by atoms with Crippen LogP contribution in [0.25, 0.3) is 0 Å². The molecule has 0 radical (unpaired) electrons. The molecule has 0 aliphatic carbocycles. The van der Waals surface area contributed by atoms with Crippen molar-refractivity contribution in [2.75, 3.05) is 39.3 Å². The Balaban J connectivity index is 1.33. The number of amides is 3. The lowest BCUT2D eigenvalue weighted by molar-refractivity contribution is -0.145. The Morgan fingerprint density at radius 1 is 0.794 bits per heavy atom. The van der Waals surface area contributed by atoms with E-state index in [1.165, 1.54) is 0 Å². The van der Waals surface area contributed by atoms with Crippen molar-refractivity contribution in [3.8, 4) is 0 Å². The van der Waals surface area contributed by atoms with Crippen LogP contribution >= 0.6 is 0 Å². The van der Waals surface area contributed by atoms with Gasteiger partial charge in [0.2, 0.25) is 11.8 Å². The van der Waals surface area contributed by atoms with Gasteiger partial charge in [-0.05, 0) is 51.3 Å². The molecule has 0 N–H and O–H groups in total. The molecule has 6 nitrogen and oxygen atoms in total. The minimum atomic E-state index is -0.604. The molecule has 2 fully saturated rings. The van der Waals surface area contributed by atoms with E-state index in [1.807, 2.05) is 90.1 Å². The summed E-state index contributed by atoms with van der Waals surface area (Å²) in [6.45, 7) is 9.24. The van der Waals surface area contributed by atoms with Crippen LogP contribution in [-0.4, -0.2) is 71.7 Å². The highest BCUT2D eigenvalue weighted by atomic mass is 16.2. The number of likely N-dealkylation sites (tertiary alicyclic amines) is 1. The van der Waals surface area contributed by atoms with Crippen LogP contribution in [0.4, 0.5) is 0 Å². The Hall–Kier alpha value is -3.15. The first kappa shape index (κ1) is 24.0. The molecule has 2 aliphatic rings. The van der Waals surface area contributed by atoms with Gasteiger partial charge in [-0.1, -0.05) is 48.0 Å². The monoisotopic (exact) mass is 461 g/mol. The maximum atomic E-state index is 13.3.